The molecular weight excluding hydrogens is 294 g/mol. The molecule has 122 valence electrons. The first-order valence-corrected chi connectivity index (χ1v) is 7.37. The van der Waals surface area contributed by atoms with Gasteiger partial charge in [-0.3, -0.25) is 4.98 Å². The van der Waals surface area contributed by atoms with Crippen molar-refractivity contribution in [1.29, 1.82) is 0 Å². The Labute approximate surface area is 135 Å². The highest BCUT2D eigenvalue weighted by Crippen LogP contribution is 2.11. The number of nitrogens with zero attached hydrogens (tertiary/aromatic N) is 1. The van der Waals surface area contributed by atoms with Crippen LogP contribution in [0.3, 0.4) is 0 Å². The maximum Gasteiger partial charge on any atom is 0.319 e. The summed E-state index contributed by atoms with van der Waals surface area (Å²) in [7, 11) is 1.64. The molecule has 6 heteroatoms. The van der Waals surface area contributed by atoms with E-state index in [1.165, 1.54) is 0 Å². The van der Waals surface area contributed by atoms with Gasteiger partial charge in [-0.15, -0.1) is 0 Å². The van der Waals surface area contributed by atoms with Gasteiger partial charge in [-0.2, -0.15) is 0 Å². The fourth-order valence-electron chi connectivity index (χ4n) is 1.93. The smallest absolute Gasteiger partial charge is 0.319 e. The molecule has 0 spiro atoms. The minimum Gasteiger partial charge on any atom is -0.382 e. The SMILES string of the molecule is COCCOCc1cccc(NC(=O)NCc2ccncc2)c1. The number of carbonyl (C=O) groups excluding carboxylic acids is 1. The van der Waals surface area contributed by atoms with Gasteiger partial charge >= 0.3 is 6.03 Å². The van der Waals surface area contributed by atoms with E-state index < -0.39 is 0 Å². The van der Waals surface area contributed by atoms with E-state index in [9.17, 15) is 4.79 Å². The molecule has 0 saturated heterocycles. The fourth-order valence-corrected chi connectivity index (χ4v) is 1.93. The van der Waals surface area contributed by atoms with Crippen LogP contribution in [0, 0.1) is 0 Å². The number of carbonyl (C=O) groups is 1. The summed E-state index contributed by atoms with van der Waals surface area (Å²) in [5, 5.41) is 5.61. The molecule has 1 heterocycles. The zero-order valence-electron chi connectivity index (χ0n) is 13.1. The third-order valence-corrected chi connectivity index (χ3v) is 3.09. The van der Waals surface area contributed by atoms with Gasteiger partial charge in [-0.05, 0) is 35.4 Å². The zero-order valence-corrected chi connectivity index (χ0v) is 13.1. The van der Waals surface area contributed by atoms with Crippen LogP contribution in [0.2, 0.25) is 0 Å². The lowest BCUT2D eigenvalue weighted by Crippen LogP contribution is -2.28. The Morgan fingerprint density at radius 2 is 1.96 bits per heavy atom. The van der Waals surface area contributed by atoms with E-state index in [2.05, 4.69) is 15.6 Å². The van der Waals surface area contributed by atoms with Crippen LogP contribution < -0.4 is 10.6 Å². The van der Waals surface area contributed by atoms with Crippen LogP contribution in [-0.4, -0.2) is 31.3 Å². The Bertz CT molecular complexity index is 605. The van der Waals surface area contributed by atoms with Crippen LogP contribution in [0.5, 0.6) is 0 Å². The summed E-state index contributed by atoms with van der Waals surface area (Å²) >= 11 is 0. The topological polar surface area (TPSA) is 72.5 Å². The third kappa shape index (κ3) is 6.46. The number of aromatic nitrogens is 1. The van der Waals surface area contributed by atoms with E-state index in [1.54, 1.807) is 19.5 Å². The van der Waals surface area contributed by atoms with Crippen LogP contribution in [-0.2, 0) is 22.6 Å². The molecular formula is C17H21N3O3. The molecule has 0 radical (unpaired) electrons. The minimum atomic E-state index is -0.251. The number of amides is 2. The van der Waals surface area contributed by atoms with Gasteiger partial charge in [-0.1, -0.05) is 12.1 Å². The molecule has 0 aliphatic heterocycles. The molecule has 0 bridgehead atoms. The number of urea groups is 1. The number of rotatable bonds is 8. The van der Waals surface area contributed by atoms with Crippen LogP contribution in [0.15, 0.2) is 48.8 Å². The number of hydrogen-bond acceptors (Lipinski definition) is 4. The first kappa shape index (κ1) is 16.9. The average molecular weight is 315 g/mol. The average Bonchev–Trinajstić information content (AvgIpc) is 2.58. The molecule has 2 rings (SSSR count). The molecule has 0 unspecified atom stereocenters. The first-order chi connectivity index (χ1) is 11.3. The molecule has 0 aliphatic rings. The van der Waals surface area contributed by atoms with Crippen molar-refractivity contribution < 1.29 is 14.3 Å². The second-order valence-corrected chi connectivity index (χ2v) is 4.91. The summed E-state index contributed by atoms with van der Waals surface area (Å²) in [5.74, 6) is 0. The highest BCUT2D eigenvalue weighted by atomic mass is 16.5. The summed E-state index contributed by atoms with van der Waals surface area (Å²) in [6, 6.07) is 11.0. The maximum atomic E-state index is 11.9. The Hall–Kier alpha value is -2.44. The summed E-state index contributed by atoms with van der Waals surface area (Å²) in [4.78, 5) is 15.8. The van der Waals surface area contributed by atoms with Crippen molar-refractivity contribution in [3.05, 3.63) is 59.9 Å². The van der Waals surface area contributed by atoms with Gasteiger partial charge in [0.1, 0.15) is 0 Å². The van der Waals surface area contributed by atoms with Crippen LogP contribution in [0.4, 0.5) is 10.5 Å². The van der Waals surface area contributed by atoms with Crippen molar-refractivity contribution in [3.8, 4) is 0 Å². The zero-order chi connectivity index (χ0) is 16.3. The Kier molecular flexibility index (Phi) is 7.03. The molecule has 23 heavy (non-hydrogen) atoms. The lowest BCUT2D eigenvalue weighted by Gasteiger charge is -2.09. The standard InChI is InChI=1S/C17H21N3O3/c1-22-9-10-23-13-15-3-2-4-16(11-15)20-17(21)19-12-14-5-7-18-8-6-14/h2-8,11H,9-10,12-13H2,1H3,(H2,19,20,21). The van der Waals surface area contributed by atoms with E-state index in [4.69, 9.17) is 9.47 Å². The van der Waals surface area contributed by atoms with Gasteiger partial charge in [0.2, 0.25) is 0 Å². The van der Waals surface area contributed by atoms with E-state index >= 15 is 0 Å². The van der Waals surface area contributed by atoms with E-state index in [0.717, 1.165) is 16.8 Å². The van der Waals surface area contributed by atoms with Crippen molar-refractivity contribution in [2.24, 2.45) is 0 Å². The van der Waals surface area contributed by atoms with Crippen molar-refractivity contribution in [2.45, 2.75) is 13.2 Å². The first-order valence-electron chi connectivity index (χ1n) is 7.37. The fraction of sp³-hybridized carbons (Fsp3) is 0.294. The lowest BCUT2D eigenvalue weighted by molar-refractivity contribution is 0.0617. The van der Waals surface area contributed by atoms with Crippen molar-refractivity contribution >= 4 is 11.7 Å². The van der Waals surface area contributed by atoms with Crippen LogP contribution >= 0.6 is 0 Å². The van der Waals surface area contributed by atoms with Crippen molar-refractivity contribution in [3.63, 3.8) is 0 Å². The molecule has 0 aliphatic carbocycles. The van der Waals surface area contributed by atoms with E-state index in [0.29, 0.717) is 26.4 Å². The molecule has 2 aromatic rings. The van der Waals surface area contributed by atoms with Gasteiger partial charge in [-0.25, -0.2) is 4.79 Å². The van der Waals surface area contributed by atoms with Crippen LogP contribution in [0.1, 0.15) is 11.1 Å². The number of pyridine rings is 1. The number of ether oxygens (including phenoxy) is 2. The van der Waals surface area contributed by atoms with E-state index in [1.807, 2.05) is 36.4 Å². The molecule has 0 fully saturated rings. The number of nitrogens with one attached hydrogen (secondary N) is 2. The second kappa shape index (κ2) is 9.55. The quantitative estimate of drug-likeness (QED) is 0.734. The van der Waals surface area contributed by atoms with Gasteiger partial charge in [0.05, 0.1) is 19.8 Å². The third-order valence-electron chi connectivity index (χ3n) is 3.09. The van der Waals surface area contributed by atoms with Gasteiger partial charge < -0.3 is 20.1 Å². The normalized spacial score (nSPS) is 10.3. The molecule has 1 aromatic carbocycles. The summed E-state index contributed by atoms with van der Waals surface area (Å²) in [6.45, 7) is 2.04. The largest absolute Gasteiger partial charge is 0.382 e. The maximum absolute atomic E-state index is 11.9. The highest BCUT2D eigenvalue weighted by Gasteiger charge is 2.03. The number of methoxy groups -OCH3 is 1. The van der Waals surface area contributed by atoms with Crippen molar-refractivity contribution in [2.75, 3.05) is 25.6 Å². The van der Waals surface area contributed by atoms with Gasteiger partial charge in [0, 0.05) is 31.7 Å². The molecule has 1 aromatic heterocycles. The number of hydrogen-bond donors (Lipinski definition) is 2. The molecule has 6 nitrogen and oxygen atoms in total. The van der Waals surface area contributed by atoms with Crippen LogP contribution in [0.25, 0.3) is 0 Å². The summed E-state index contributed by atoms with van der Waals surface area (Å²) in [5.41, 5.74) is 2.72. The Balaban J connectivity index is 1.78. The molecule has 2 amide bonds. The Morgan fingerprint density at radius 3 is 2.74 bits per heavy atom. The number of anilines is 1. The highest BCUT2D eigenvalue weighted by molar-refractivity contribution is 5.89. The predicted molar refractivity (Wildman–Crippen MR) is 88.1 cm³/mol. The summed E-state index contributed by atoms with van der Waals surface area (Å²) in [6.07, 6.45) is 3.39. The molecule has 0 atom stereocenters. The lowest BCUT2D eigenvalue weighted by atomic mass is 10.2. The summed E-state index contributed by atoms with van der Waals surface area (Å²) < 4.78 is 10.4. The number of benzene rings is 1. The molecule has 2 N–H and O–H groups in total. The second-order valence-electron chi connectivity index (χ2n) is 4.91. The van der Waals surface area contributed by atoms with Gasteiger partial charge in [0.15, 0.2) is 0 Å². The monoisotopic (exact) mass is 315 g/mol. The minimum absolute atomic E-state index is 0.251. The van der Waals surface area contributed by atoms with E-state index in [-0.39, 0.29) is 6.03 Å². The Morgan fingerprint density at radius 1 is 1.13 bits per heavy atom. The van der Waals surface area contributed by atoms with Gasteiger partial charge in [0.25, 0.3) is 0 Å². The van der Waals surface area contributed by atoms with Crippen molar-refractivity contribution in [1.82, 2.24) is 10.3 Å². The molecule has 0 saturated carbocycles. The predicted octanol–water partition coefficient (Wildman–Crippen LogP) is 2.57.